The predicted octanol–water partition coefficient (Wildman–Crippen LogP) is 4.89. The highest BCUT2D eigenvalue weighted by atomic mass is 32.1. The molecule has 32 heavy (non-hydrogen) atoms. The van der Waals surface area contributed by atoms with Gasteiger partial charge in [-0.25, -0.2) is 9.78 Å². The Labute approximate surface area is 195 Å². The van der Waals surface area contributed by atoms with Crippen molar-refractivity contribution in [1.29, 1.82) is 0 Å². The monoisotopic (exact) mass is 463 g/mol. The Bertz CT molecular complexity index is 843. The molecule has 0 aromatic carbocycles. The summed E-state index contributed by atoms with van der Waals surface area (Å²) in [4.78, 5) is 29.6. The van der Waals surface area contributed by atoms with Crippen LogP contribution in [0.3, 0.4) is 0 Å². The van der Waals surface area contributed by atoms with Gasteiger partial charge < -0.3 is 14.6 Å². The van der Waals surface area contributed by atoms with Crippen LogP contribution in [0.2, 0.25) is 0 Å². The fourth-order valence-corrected chi connectivity index (χ4v) is 4.45. The summed E-state index contributed by atoms with van der Waals surface area (Å²) in [6, 6.07) is 0. The third kappa shape index (κ3) is 7.94. The zero-order chi connectivity index (χ0) is 23.8. The molecule has 0 saturated heterocycles. The maximum Gasteiger partial charge on any atom is 0.332 e. The highest BCUT2D eigenvalue weighted by Gasteiger charge is 2.30. The Balaban J connectivity index is 2.21. The topological polar surface area (TPSA) is 85.7 Å². The second-order valence-corrected chi connectivity index (χ2v) is 10.0. The van der Waals surface area contributed by atoms with Gasteiger partial charge in [-0.1, -0.05) is 25.5 Å². The summed E-state index contributed by atoms with van der Waals surface area (Å²) in [7, 11) is 0. The van der Waals surface area contributed by atoms with Crippen molar-refractivity contribution in [3.05, 3.63) is 33.3 Å². The number of carbonyl (C=O) groups excluding carboxylic acids is 2. The number of hydrogen-bond donors (Lipinski definition) is 1. The molecule has 6 nitrogen and oxygen atoms in total. The molecule has 0 amide bonds. The number of rotatable bonds is 2. The molecule has 2 heterocycles. The van der Waals surface area contributed by atoms with Gasteiger partial charge in [-0.2, -0.15) is 0 Å². The quantitative estimate of drug-likeness (QED) is 0.496. The van der Waals surface area contributed by atoms with Crippen LogP contribution in [0.5, 0.6) is 0 Å². The molecule has 7 heteroatoms. The molecule has 1 aromatic heterocycles. The van der Waals surface area contributed by atoms with Gasteiger partial charge in [0.2, 0.25) is 0 Å². The normalized spacial score (nSPS) is 31.7. The van der Waals surface area contributed by atoms with E-state index in [2.05, 4.69) is 18.0 Å². The molecule has 5 unspecified atom stereocenters. The summed E-state index contributed by atoms with van der Waals surface area (Å²) in [5, 5.41) is 13.5. The minimum atomic E-state index is -0.789. The van der Waals surface area contributed by atoms with E-state index in [1.165, 1.54) is 5.57 Å². The maximum atomic E-state index is 12.7. The number of aliphatic hydroxyl groups excluding tert-OH is 1. The Hall–Kier alpha value is -1.83. The molecule has 2 rings (SSSR count). The number of allylic oxidation sites excluding steroid dienone is 1. The Kier molecular flexibility index (Phi) is 10.3. The predicted molar refractivity (Wildman–Crippen MR) is 127 cm³/mol. The fourth-order valence-electron chi connectivity index (χ4n) is 3.88. The third-order valence-corrected chi connectivity index (χ3v) is 6.89. The summed E-state index contributed by atoms with van der Waals surface area (Å²) < 4.78 is 11.2. The number of ketones is 1. The van der Waals surface area contributed by atoms with Crippen molar-refractivity contribution in [2.24, 2.45) is 11.8 Å². The standard InChI is InChI=1S/C25H37NO5S/c1-15-8-7-9-16(2)24(28)18(4)25(29)19(5)30-13-23(27)31-22(11-10-15)17(3)12-21-14-32-20(6)26-21/h10,12,14,16,18-19,22,24,28H,7-9,11,13H2,1-6H3/b15-10-,17-12+. The van der Waals surface area contributed by atoms with Gasteiger partial charge >= 0.3 is 5.97 Å². The SMILES string of the molecule is C/C1=C/CC(/C(C)=C/c2csc(C)n2)OC(=O)COC(C)C(=O)C(C)C(O)C(C)CCC1. The number of ether oxygens (including phenoxy) is 2. The Morgan fingerprint density at radius 3 is 2.62 bits per heavy atom. The second kappa shape index (κ2) is 12.4. The average Bonchev–Trinajstić information content (AvgIpc) is 3.16. The van der Waals surface area contributed by atoms with Crippen LogP contribution in [0.1, 0.15) is 71.0 Å². The number of cyclic esters (lactones) is 1. The first-order valence-corrected chi connectivity index (χ1v) is 12.2. The number of aromatic nitrogens is 1. The van der Waals surface area contributed by atoms with E-state index in [0.29, 0.717) is 6.42 Å². The van der Waals surface area contributed by atoms with Gasteiger partial charge in [0.1, 0.15) is 18.8 Å². The molecule has 1 aliphatic heterocycles. The first kappa shape index (κ1) is 26.4. The van der Waals surface area contributed by atoms with Crippen molar-refractivity contribution in [3.8, 4) is 0 Å². The molecule has 0 radical (unpaired) electrons. The van der Waals surface area contributed by atoms with Gasteiger partial charge in [-0.05, 0) is 64.5 Å². The van der Waals surface area contributed by atoms with Crippen molar-refractivity contribution < 1.29 is 24.2 Å². The zero-order valence-electron chi connectivity index (χ0n) is 20.1. The lowest BCUT2D eigenvalue weighted by molar-refractivity contribution is -0.157. The summed E-state index contributed by atoms with van der Waals surface area (Å²) in [5.74, 6) is -1.27. The molecule has 1 aromatic rings. The van der Waals surface area contributed by atoms with E-state index in [1.54, 1.807) is 25.2 Å². The molecule has 0 fully saturated rings. The van der Waals surface area contributed by atoms with Crippen LogP contribution >= 0.6 is 11.3 Å². The van der Waals surface area contributed by atoms with E-state index in [9.17, 15) is 14.7 Å². The van der Waals surface area contributed by atoms with Crippen LogP contribution in [0.15, 0.2) is 22.6 Å². The van der Waals surface area contributed by atoms with Crippen molar-refractivity contribution in [2.75, 3.05) is 6.61 Å². The average molecular weight is 464 g/mol. The number of thiazole rings is 1. The van der Waals surface area contributed by atoms with Crippen LogP contribution in [0, 0.1) is 18.8 Å². The summed E-state index contributed by atoms with van der Waals surface area (Å²) in [6.07, 6.45) is 5.32. The number of nitrogens with zero attached hydrogens (tertiary/aromatic N) is 1. The lowest BCUT2D eigenvalue weighted by Crippen LogP contribution is -2.38. The van der Waals surface area contributed by atoms with E-state index >= 15 is 0 Å². The van der Waals surface area contributed by atoms with Gasteiger partial charge in [0.15, 0.2) is 5.78 Å². The van der Waals surface area contributed by atoms with E-state index in [-0.39, 0.29) is 18.3 Å². The largest absolute Gasteiger partial charge is 0.456 e. The van der Waals surface area contributed by atoms with Crippen LogP contribution in [0.4, 0.5) is 0 Å². The van der Waals surface area contributed by atoms with E-state index in [1.807, 2.05) is 32.2 Å². The molecule has 0 aliphatic carbocycles. The fraction of sp³-hybridized carbons (Fsp3) is 0.640. The summed E-state index contributed by atoms with van der Waals surface area (Å²) >= 11 is 1.58. The third-order valence-electron chi connectivity index (χ3n) is 6.10. The van der Waals surface area contributed by atoms with Crippen LogP contribution in [-0.4, -0.2) is 46.8 Å². The van der Waals surface area contributed by atoms with E-state index in [4.69, 9.17) is 9.47 Å². The number of carbonyl (C=O) groups is 2. The van der Waals surface area contributed by atoms with Gasteiger partial charge in [0, 0.05) is 17.7 Å². The van der Waals surface area contributed by atoms with Crippen molar-refractivity contribution in [2.45, 2.75) is 85.5 Å². The lowest BCUT2D eigenvalue weighted by atomic mass is 9.85. The van der Waals surface area contributed by atoms with Gasteiger partial charge in [-0.15, -0.1) is 11.3 Å². The molecular weight excluding hydrogens is 426 g/mol. The number of esters is 1. The second-order valence-electron chi connectivity index (χ2n) is 8.95. The zero-order valence-corrected chi connectivity index (χ0v) is 20.9. The molecule has 1 aliphatic rings. The number of hydrogen-bond acceptors (Lipinski definition) is 7. The smallest absolute Gasteiger partial charge is 0.332 e. The highest BCUT2D eigenvalue weighted by Crippen LogP contribution is 2.24. The number of aryl methyl sites for hydroxylation is 1. The molecule has 0 bridgehead atoms. The van der Waals surface area contributed by atoms with Gasteiger partial charge in [-0.3, -0.25) is 4.79 Å². The number of Topliss-reactive ketones (excluding diaryl/α,β-unsaturated/α-hetero) is 1. The molecule has 1 N–H and O–H groups in total. The Morgan fingerprint density at radius 1 is 1.25 bits per heavy atom. The van der Waals surface area contributed by atoms with Gasteiger partial charge in [0.05, 0.1) is 16.8 Å². The first-order valence-electron chi connectivity index (χ1n) is 11.4. The van der Waals surface area contributed by atoms with Crippen molar-refractivity contribution >= 4 is 29.2 Å². The number of aliphatic hydroxyl groups is 1. The molecule has 5 atom stereocenters. The maximum absolute atomic E-state index is 12.7. The molecule has 0 spiro atoms. The van der Waals surface area contributed by atoms with Crippen LogP contribution in [-0.2, 0) is 19.1 Å². The molecule has 178 valence electrons. The van der Waals surface area contributed by atoms with E-state index < -0.39 is 30.2 Å². The molecule has 0 saturated carbocycles. The minimum absolute atomic E-state index is 0.00585. The van der Waals surface area contributed by atoms with Crippen LogP contribution < -0.4 is 0 Å². The van der Waals surface area contributed by atoms with Crippen LogP contribution in [0.25, 0.3) is 6.08 Å². The van der Waals surface area contributed by atoms with Crippen molar-refractivity contribution in [1.82, 2.24) is 4.98 Å². The lowest BCUT2D eigenvalue weighted by Gasteiger charge is -2.26. The van der Waals surface area contributed by atoms with Crippen molar-refractivity contribution in [3.63, 3.8) is 0 Å². The van der Waals surface area contributed by atoms with Gasteiger partial charge in [0.25, 0.3) is 0 Å². The Morgan fingerprint density at radius 2 is 1.97 bits per heavy atom. The highest BCUT2D eigenvalue weighted by molar-refractivity contribution is 7.09. The minimum Gasteiger partial charge on any atom is -0.456 e. The van der Waals surface area contributed by atoms with E-state index in [0.717, 1.165) is 35.5 Å². The summed E-state index contributed by atoms with van der Waals surface area (Å²) in [5.41, 5.74) is 2.97. The molecular formula is C25H37NO5S. The first-order chi connectivity index (χ1) is 15.1. The summed E-state index contributed by atoms with van der Waals surface area (Å²) in [6.45, 7) is 11.0.